The topological polar surface area (TPSA) is 55.4 Å². The lowest BCUT2D eigenvalue weighted by molar-refractivity contribution is -0.150. The molecule has 1 fully saturated rings. The van der Waals surface area contributed by atoms with Crippen LogP contribution in [0.25, 0.3) is 5.83 Å². The molecule has 11 heteroatoms. The number of allylic oxidation sites excluding steroid dienone is 1. The summed E-state index contributed by atoms with van der Waals surface area (Å²) in [5, 5.41) is -0.508. The molecule has 0 heterocycles. The molecule has 4 nitrogen and oxygen atoms in total. The Balaban J connectivity index is 1.85. The summed E-state index contributed by atoms with van der Waals surface area (Å²) in [4.78, 5) is 28.4. The molecule has 1 amide bonds. The number of aryl methyl sites for hydroxylation is 1. The average Bonchev–Trinajstić information content (AvgIpc) is 3.58. The van der Waals surface area contributed by atoms with E-state index in [9.17, 15) is 27.2 Å². The van der Waals surface area contributed by atoms with Crippen molar-refractivity contribution in [3.8, 4) is 0 Å². The normalized spacial score (nSPS) is 15.2. The van der Waals surface area contributed by atoms with Gasteiger partial charge in [0.05, 0.1) is 21.0 Å². The first kappa shape index (κ1) is 25.3. The lowest BCUT2D eigenvalue weighted by Crippen LogP contribution is -2.28. The summed E-state index contributed by atoms with van der Waals surface area (Å²) in [7, 11) is 0. The maximum Gasteiger partial charge on any atom is 0.399 e. The number of nitrogens with one attached hydrogen (secondary N) is 1. The number of rotatable bonds is 5. The van der Waals surface area contributed by atoms with Gasteiger partial charge in [-0.25, -0.2) is 9.18 Å². The Morgan fingerprint density at radius 2 is 1.73 bits per heavy atom. The van der Waals surface area contributed by atoms with Gasteiger partial charge in [-0.2, -0.15) is 18.7 Å². The van der Waals surface area contributed by atoms with Crippen molar-refractivity contribution < 1.29 is 32.0 Å². The monoisotopic (exact) mass is 523 g/mol. The molecule has 2 aromatic rings. The van der Waals surface area contributed by atoms with Crippen molar-refractivity contribution in [3.05, 3.63) is 73.7 Å². The second-order valence-electron chi connectivity index (χ2n) is 7.49. The Kier molecular flexibility index (Phi) is 7.61. The molecule has 0 aromatic heterocycles. The minimum atomic E-state index is -4.85. The Bertz CT molecular complexity index is 1110. The van der Waals surface area contributed by atoms with Gasteiger partial charge in [0.25, 0.3) is 5.91 Å². The molecule has 0 bridgehead atoms. The summed E-state index contributed by atoms with van der Waals surface area (Å²) in [5.41, 5.74) is 1.78. The molecule has 1 unspecified atom stereocenters. The van der Waals surface area contributed by atoms with Gasteiger partial charge in [-0.3, -0.25) is 4.79 Å². The molecule has 0 radical (unpaired) electrons. The first-order valence-corrected chi connectivity index (χ1v) is 10.7. The molecule has 1 N–H and O–H groups in total. The third-order valence-electron chi connectivity index (χ3n) is 4.93. The molecule has 0 spiro atoms. The minimum absolute atomic E-state index is 0.0683. The van der Waals surface area contributed by atoms with E-state index in [0.29, 0.717) is 18.9 Å². The van der Waals surface area contributed by atoms with E-state index in [4.69, 9.17) is 39.6 Å². The van der Waals surface area contributed by atoms with Gasteiger partial charge >= 0.3 is 12.1 Å². The Labute approximate surface area is 201 Å². The Hall–Kier alpha value is -2.29. The molecule has 1 aliphatic carbocycles. The van der Waals surface area contributed by atoms with Crippen LogP contribution in [0.4, 0.5) is 17.6 Å². The molecule has 0 saturated heterocycles. The summed E-state index contributed by atoms with van der Waals surface area (Å²) >= 11 is 17.5. The van der Waals surface area contributed by atoms with E-state index in [1.165, 1.54) is 19.1 Å². The highest BCUT2D eigenvalue weighted by molar-refractivity contribution is 6.48. The Morgan fingerprint density at radius 1 is 1.12 bits per heavy atom. The lowest BCUT2D eigenvalue weighted by atomic mass is 9.96. The predicted octanol–water partition coefficient (Wildman–Crippen LogP) is 7.21. The van der Waals surface area contributed by atoms with Gasteiger partial charge in [0.2, 0.25) is 0 Å². The average molecular weight is 525 g/mol. The lowest BCUT2D eigenvalue weighted by Gasteiger charge is -2.19. The number of halogens is 7. The Morgan fingerprint density at radius 3 is 2.24 bits per heavy atom. The number of carbonyl (C=O) groups excluding carboxylic acids is 2. The van der Waals surface area contributed by atoms with Crippen molar-refractivity contribution in [1.82, 2.24) is 5.48 Å². The molecule has 1 aliphatic rings. The van der Waals surface area contributed by atoms with E-state index < -0.39 is 29.8 Å². The fraction of sp³-hybridized carbons (Fsp3) is 0.273. The minimum Gasteiger partial charge on any atom is -0.340 e. The molecule has 3 rings (SSSR count). The number of hydroxylamine groups is 1. The smallest absolute Gasteiger partial charge is 0.340 e. The molecule has 1 saturated carbocycles. The van der Waals surface area contributed by atoms with Gasteiger partial charge in [0.1, 0.15) is 11.7 Å². The standard InChI is InChI=1S/C22H16Cl3F4NO3/c1-10-6-12(4-5-14(10)20(31)30-33-21(32)11-2-3-11)18(26)9-15(22(27,28)29)13-7-16(23)19(25)17(24)8-13/h4-9,11,15H,2-3H2,1H3,(H,30,31)/b18-9-. The summed E-state index contributed by atoms with van der Waals surface area (Å²) < 4.78 is 55.9. The van der Waals surface area contributed by atoms with Crippen molar-refractivity contribution >= 4 is 52.5 Å². The number of hydrogen-bond donors (Lipinski definition) is 1. The van der Waals surface area contributed by atoms with Crippen LogP contribution in [0.2, 0.25) is 15.1 Å². The first-order chi connectivity index (χ1) is 15.4. The number of hydrogen-bond acceptors (Lipinski definition) is 3. The zero-order valence-electron chi connectivity index (χ0n) is 16.9. The van der Waals surface area contributed by atoms with Crippen LogP contribution in [0.1, 0.15) is 45.8 Å². The molecule has 0 aliphatic heterocycles. The van der Waals surface area contributed by atoms with Crippen molar-refractivity contribution in [3.63, 3.8) is 0 Å². The first-order valence-electron chi connectivity index (χ1n) is 9.59. The highest BCUT2D eigenvalue weighted by Gasteiger charge is 2.40. The highest BCUT2D eigenvalue weighted by Crippen LogP contribution is 2.42. The van der Waals surface area contributed by atoms with Crippen LogP contribution in [0.5, 0.6) is 0 Å². The number of benzene rings is 2. The largest absolute Gasteiger partial charge is 0.399 e. The summed E-state index contributed by atoms with van der Waals surface area (Å²) in [6.45, 7) is 1.47. The van der Waals surface area contributed by atoms with Gasteiger partial charge in [-0.05, 0) is 61.2 Å². The molecule has 176 valence electrons. The van der Waals surface area contributed by atoms with Crippen molar-refractivity contribution in [2.24, 2.45) is 5.92 Å². The van der Waals surface area contributed by atoms with Gasteiger partial charge in [0, 0.05) is 11.1 Å². The number of carbonyl (C=O) groups is 2. The second-order valence-corrected chi connectivity index (χ2v) is 8.68. The predicted molar refractivity (Wildman–Crippen MR) is 117 cm³/mol. The zero-order valence-corrected chi connectivity index (χ0v) is 19.2. The van der Waals surface area contributed by atoms with Crippen molar-refractivity contribution in [2.75, 3.05) is 0 Å². The molecular weight excluding hydrogens is 509 g/mol. The quantitative estimate of drug-likeness (QED) is 0.255. The van der Waals surface area contributed by atoms with E-state index in [1.54, 1.807) is 0 Å². The van der Waals surface area contributed by atoms with Crippen LogP contribution in [-0.2, 0) is 9.63 Å². The molecule has 2 aromatic carbocycles. The highest BCUT2D eigenvalue weighted by atomic mass is 35.5. The van der Waals surface area contributed by atoms with Crippen molar-refractivity contribution in [2.45, 2.75) is 31.9 Å². The third kappa shape index (κ3) is 6.19. The maximum absolute atomic E-state index is 14.8. The maximum atomic E-state index is 14.8. The fourth-order valence-electron chi connectivity index (χ4n) is 3.00. The van der Waals surface area contributed by atoms with Crippen LogP contribution in [0, 0.1) is 12.8 Å². The van der Waals surface area contributed by atoms with E-state index in [0.717, 1.165) is 18.2 Å². The van der Waals surface area contributed by atoms with Crippen molar-refractivity contribution in [1.29, 1.82) is 0 Å². The molecule has 33 heavy (non-hydrogen) atoms. The van der Waals surface area contributed by atoms with Gasteiger partial charge in [-0.1, -0.05) is 40.9 Å². The van der Waals surface area contributed by atoms with E-state index in [-0.39, 0.29) is 43.2 Å². The molecular formula is C22H16Cl3F4NO3. The van der Waals surface area contributed by atoms with Gasteiger partial charge < -0.3 is 4.84 Å². The van der Waals surface area contributed by atoms with E-state index in [2.05, 4.69) is 0 Å². The molecule has 1 atom stereocenters. The summed E-state index contributed by atoms with van der Waals surface area (Å²) in [5.74, 6) is -5.03. The second kappa shape index (κ2) is 9.91. The van der Waals surface area contributed by atoms with Gasteiger partial charge in [0.15, 0.2) is 0 Å². The van der Waals surface area contributed by atoms with Crippen LogP contribution in [-0.4, -0.2) is 18.1 Å². The van der Waals surface area contributed by atoms with E-state index >= 15 is 0 Å². The third-order valence-corrected chi connectivity index (χ3v) is 6.13. The summed E-state index contributed by atoms with van der Waals surface area (Å²) in [6.07, 6.45) is -3.07. The van der Waals surface area contributed by atoms with E-state index in [1.807, 2.05) is 5.48 Å². The van der Waals surface area contributed by atoms with Gasteiger partial charge in [-0.15, -0.1) is 0 Å². The number of amides is 1. The fourth-order valence-corrected chi connectivity index (χ4v) is 3.61. The van der Waals surface area contributed by atoms with Crippen LogP contribution < -0.4 is 5.48 Å². The zero-order chi connectivity index (χ0) is 24.5. The van der Waals surface area contributed by atoms with Crippen LogP contribution >= 0.6 is 34.8 Å². The number of alkyl halides is 3. The SMILES string of the molecule is Cc1cc(/C(F)=C/C(c2cc(Cl)c(Cl)c(Cl)c2)C(F)(F)F)ccc1C(=O)NOC(=O)C1CC1. The summed E-state index contributed by atoms with van der Waals surface area (Å²) in [6, 6.07) is 5.51. The van der Waals surface area contributed by atoms with Crippen LogP contribution in [0.3, 0.4) is 0 Å². The van der Waals surface area contributed by atoms with Crippen LogP contribution in [0.15, 0.2) is 36.4 Å².